The molecule has 1 aliphatic heterocycles. The van der Waals surface area contributed by atoms with E-state index < -0.39 is 17.9 Å². The molecular formula is C22H20N2O5. The van der Waals surface area contributed by atoms with E-state index in [9.17, 15) is 14.7 Å². The number of aromatic nitrogens is 1. The van der Waals surface area contributed by atoms with E-state index in [1.165, 1.54) is 0 Å². The smallest absolute Gasteiger partial charge is 0.259 e. The number of rotatable bonds is 6. The minimum atomic E-state index is -0.964. The fourth-order valence-corrected chi connectivity index (χ4v) is 3.49. The molecule has 0 bridgehead atoms. The lowest BCUT2D eigenvalue weighted by Crippen LogP contribution is -2.22. The van der Waals surface area contributed by atoms with Gasteiger partial charge < -0.3 is 19.5 Å². The zero-order chi connectivity index (χ0) is 20.5. The number of fused-ring (bicyclic) bond motifs is 1. The van der Waals surface area contributed by atoms with Gasteiger partial charge in [0.25, 0.3) is 11.8 Å². The summed E-state index contributed by atoms with van der Waals surface area (Å²) in [7, 11) is 1.90. The predicted octanol–water partition coefficient (Wildman–Crippen LogP) is 1.48. The Morgan fingerprint density at radius 2 is 1.72 bits per heavy atom. The highest BCUT2D eigenvalue weighted by molar-refractivity contribution is 6.50. The number of imide groups is 1. The van der Waals surface area contributed by atoms with Crippen molar-refractivity contribution in [1.29, 1.82) is 0 Å². The van der Waals surface area contributed by atoms with Crippen LogP contribution in [-0.2, 0) is 16.6 Å². The number of amides is 2. The van der Waals surface area contributed by atoms with E-state index in [1.807, 2.05) is 42.1 Å². The first-order valence-electron chi connectivity index (χ1n) is 9.16. The Labute approximate surface area is 166 Å². The maximum absolute atomic E-state index is 12.6. The molecule has 2 aromatic carbocycles. The van der Waals surface area contributed by atoms with Crippen molar-refractivity contribution < 1.29 is 24.5 Å². The van der Waals surface area contributed by atoms with Crippen molar-refractivity contribution in [3.63, 3.8) is 0 Å². The van der Waals surface area contributed by atoms with Crippen molar-refractivity contribution >= 4 is 33.9 Å². The van der Waals surface area contributed by atoms with Crippen LogP contribution < -0.4 is 10.1 Å². The Bertz CT molecular complexity index is 1130. The molecule has 7 nitrogen and oxygen atoms in total. The highest BCUT2D eigenvalue weighted by Crippen LogP contribution is 2.36. The summed E-state index contributed by atoms with van der Waals surface area (Å²) in [6, 6.07) is 14.4. The molecule has 3 aromatic rings. The number of nitrogens with zero attached hydrogens (tertiary/aromatic N) is 1. The number of hydrogen-bond donors (Lipinski definition) is 3. The molecule has 0 spiro atoms. The highest BCUT2D eigenvalue weighted by Gasteiger charge is 2.33. The Hall–Kier alpha value is -3.42. The van der Waals surface area contributed by atoms with E-state index in [0.29, 0.717) is 28.0 Å². The number of carbonyl (C=O) groups excluding carboxylic acids is 2. The van der Waals surface area contributed by atoms with Crippen molar-refractivity contribution in [3.05, 3.63) is 65.9 Å². The van der Waals surface area contributed by atoms with Gasteiger partial charge in [0.05, 0.1) is 17.8 Å². The first kappa shape index (κ1) is 18.9. The second-order valence-corrected chi connectivity index (χ2v) is 6.88. The van der Waals surface area contributed by atoms with Gasteiger partial charge in [-0.1, -0.05) is 30.3 Å². The molecule has 1 aliphatic rings. The number of aliphatic hydroxyl groups excluding tert-OH is 2. The van der Waals surface area contributed by atoms with Crippen LogP contribution in [0.5, 0.6) is 5.75 Å². The van der Waals surface area contributed by atoms with E-state index in [4.69, 9.17) is 9.84 Å². The van der Waals surface area contributed by atoms with E-state index in [0.717, 1.165) is 10.9 Å². The quantitative estimate of drug-likeness (QED) is 0.552. The van der Waals surface area contributed by atoms with Crippen LogP contribution in [0.2, 0.25) is 0 Å². The molecule has 0 saturated carbocycles. The van der Waals surface area contributed by atoms with Gasteiger partial charge in [-0.05, 0) is 23.8 Å². The van der Waals surface area contributed by atoms with Crippen LogP contribution >= 0.6 is 0 Å². The van der Waals surface area contributed by atoms with Crippen LogP contribution in [0, 0.1) is 0 Å². The monoisotopic (exact) mass is 392 g/mol. The summed E-state index contributed by atoms with van der Waals surface area (Å²) in [5.74, 6) is -0.381. The summed E-state index contributed by atoms with van der Waals surface area (Å²) in [6.07, 6.45) is 0.889. The number of carbonyl (C=O) groups is 2. The van der Waals surface area contributed by atoms with E-state index in [2.05, 4.69) is 5.32 Å². The number of benzene rings is 2. The van der Waals surface area contributed by atoms with Crippen molar-refractivity contribution in [2.75, 3.05) is 13.2 Å². The largest absolute Gasteiger partial charge is 0.491 e. The van der Waals surface area contributed by atoms with Gasteiger partial charge >= 0.3 is 0 Å². The Morgan fingerprint density at radius 3 is 2.45 bits per heavy atom. The molecule has 1 unspecified atom stereocenters. The van der Waals surface area contributed by atoms with Gasteiger partial charge in [0.2, 0.25) is 0 Å². The average molecular weight is 392 g/mol. The van der Waals surface area contributed by atoms with Crippen molar-refractivity contribution in [1.82, 2.24) is 9.88 Å². The summed E-state index contributed by atoms with van der Waals surface area (Å²) in [4.78, 5) is 25.2. The molecular weight excluding hydrogens is 372 g/mol. The Kier molecular flexibility index (Phi) is 4.92. The molecule has 2 amide bonds. The molecule has 0 saturated heterocycles. The second kappa shape index (κ2) is 7.54. The van der Waals surface area contributed by atoms with Gasteiger partial charge in [-0.25, -0.2) is 0 Å². The molecule has 29 heavy (non-hydrogen) atoms. The van der Waals surface area contributed by atoms with Gasteiger partial charge in [0.15, 0.2) is 0 Å². The maximum Gasteiger partial charge on any atom is 0.259 e. The zero-order valence-corrected chi connectivity index (χ0v) is 15.8. The normalized spacial score (nSPS) is 15.1. The summed E-state index contributed by atoms with van der Waals surface area (Å²) in [5, 5.41) is 21.5. The lowest BCUT2D eigenvalue weighted by molar-refractivity contribution is -0.122. The van der Waals surface area contributed by atoms with Crippen LogP contribution in [0.1, 0.15) is 11.1 Å². The third-order valence-corrected chi connectivity index (χ3v) is 4.89. The molecule has 7 heteroatoms. The summed E-state index contributed by atoms with van der Waals surface area (Å²) < 4.78 is 7.33. The van der Waals surface area contributed by atoms with Crippen LogP contribution in [0.3, 0.4) is 0 Å². The second-order valence-electron chi connectivity index (χ2n) is 6.88. The van der Waals surface area contributed by atoms with Crippen LogP contribution in [0.4, 0.5) is 0 Å². The molecule has 148 valence electrons. The van der Waals surface area contributed by atoms with Crippen LogP contribution in [0.25, 0.3) is 22.0 Å². The molecule has 0 aliphatic carbocycles. The Balaban J connectivity index is 1.76. The third-order valence-electron chi connectivity index (χ3n) is 4.89. The number of aryl methyl sites for hydroxylation is 1. The van der Waals surface area contributed by atoms with Crippen LogP contribution in [0.15, 0.2) is 54.7 Å². The molecule has 0 radical (unpaired) electrons. The summed E-state index contributed by atoms with van der Waals surface area (Å²) in [5.41, 5.74) is 2.91. The number of ether oxygens (including phenoxy) is 1. The minimum absolute atomic E-state index is 0.0429. The van der Waals surface area contributed by atoms with Crippen molar-refractivity contribution in [2.24, 2.45) is 7.05 Å². The topological polar surface area (TPSA) is 101 Å². The SMILES string of the molecule is Cn1cc(C2=C(c3ccc(OCC(O)CO)cc3)C(=O)NC2=O)c2ccccc21. The number of nitrogens with one attached hydrogen (secondary N) is 1. The summed E-state index contributed by atoms with van der Waals surface area (Å²) >= 11 is 0. The fraction of sp³-hybridized carbons (Fsp3) is 0.182. The average Bonchev–Trinajstić information content (AvgIpc) is 3.22. The van der Waals surface area contributed by atoms with Crippen LogP contribution in [-0.4, -0.2) is 45.9 Å². The standard InChI is InChI=1S/C22H20N2O5/c1-24-10-17(16-4-2-3-5-18(16)24)20-19(21(27)23-22(20)28)13-6-8-15(9-7-13)29-12-14(26)11-25/h2-10,14,25-26H,11-12H2,1H3,(H,23,27,28). The lowest BCUT2D eigenvalue weighted by atomic mass is 9.96. The number of aliphatic hydroxyl groups is 2. The molecule has 1 atom stereocenters. The van der Waals surface area contributed by atoms with Gasteiger partial charge in [-0.2, -0.15) is 0 Å². The number of hydrogen-bond acceptors (Lipinski definition) is 5. The van der Waals surface area contributed by atoms with E-state index in [1.54, 1.807) is 24.3 Å². The molecule has 3 N–H and O–H groups in total. The fourth-order valence-electron chi connectivity index (χ4n) is 3.49. The minimum Gasteiger partial charge on any atom is -0.491 e. The third kappa shape index (κ3) is 3.41. The molecule has 1 aromatic heterocycles. The van der Waals surface area contributed by atoms with Gasteiger partial charge in [0.1, 0.15) is 18.5 Å². The van der Waals surface area contributed by atoms with Gasteiger partial charge in [-0.15, -0.1) is 0 Å². The molecule has 2 heterocycles. The van der Waals surface area contributed by atoms with Crippen molar-refractivity contribution in [3.8, 4) is 5.75 Å². The highest BCUT2D eigenvalue weighted by atomic mass is 16.5. The number of para-hydroxylation sites is 1. The first-order valence-corrected chi connectivity index (χ1v) is 9.16. The van der Waals surface area contributed by atoms with Crippen molar-refractivity contribution in [2.45, 2.75) is 6.10 Å². The van der Waals surface area contributed by atoms with E-state index >= 15 is 0 Å². The zero-order valence-electron chi connectivity index (χ0n) is 15.8. The molecule has 0 fully saturated rings. The predicted molar refractivity (Wildman–Crippen MR) is 108 cm³/mol. The molecule has 4 rings (SSSR count). The maximum atomic E-state index is 12.6. The lowest BCUT2D eigenvalue weighted by Gasteiger charge is -2.10. The van der Waals surface area contributed by atoms with Gasteiger partial charge in [-0.3, -0.25) is 14.9 Å². The van der Waals surface area contributed by atoms with Gasteiger partial charge in [0, 0.05) is 29.7 Å². The Morgan fingerprint density at radius 1 is 1.03 bits per heavy atom. The first-order chi connectivity index (χ1) is 14.0. The summed E-state index contributed by atoms with van der Waals surface area (Å²) in [6.45, 7) is -0.430. The van der Waals surface area contributed by atoms with E-state index in [-0.39, 0.29) is 13.2 Å².